The molecule has 1 heterocycles. The maximum Gasteiger partial charge on any atom is 0.253 e. The van der Waals surface area contributed by atoms with Crippen LogP contribution in [0.2, 0.25) is 0 Å². The molecule has 6 heteroatoms. The monoisotopic (exact) mass is 320 g/mol. The van der Waals surface area contributed by atoms with Gasteiger partial charge >= 0.3 is 0 Å². The Morgan fingerprint density at radius 1 is 1.30 bits per heavy atom. The first-order valence-corrected chi connectivity index (χ1v) is 7.69. The van der Waals surface area contributed by atoms with E-state index in [9.17, 15) is 9.59 Å². The number of methoxy groups -OCH3 is 2. The number of carbonyl (C=O) groups excluding carboxylic acids is 2. The van der Waals surface area contributed by atoms with Crippen LogP contribution in [-0.4, -0.2) is 57.2 Å². The molecule has 0 unspecified atom stereocenters. The SMILES string of the molecule is CNC(=O)C[C@H]1CN(C(=O)c2cccc(COC)c2)C[C@@H]1OC. The Morgan fingerprint density at radius 2 is 2.09 bits per heavy atom. The lowest BCUT2D eigenvalue weighted by molar-refractivity contribution is -0.122. The van der Waals surface area contributed by atoms with Gasteiger partial charge in [0.05, 0.1) is 12.7 Å². The molecule has 0 saturated carbocycles. The van der Waals surface area contributed by atoms with E-state index in [1.54, 1.807) is 32.2 Å². The minimum Gasteiger partial charge on any atom is -0.380 e. The van der Waals surface area contributed by atoms with Crippen LogP contribution in [-0.2, 0) is 20.9 Å². The van der Waals surface area contributed by atoms with Gasteiger partial charge in [-0.05, 0) is 17.7 Å². The molecule has 0 aromatic heterocycles. The summed E-state index contributed by atoms with van der Waals surface area (Å²) in [4.78, 5) is 26.1. The Kier molecular flexibility index (Phi) is 6.12. The van der Waals surface area contributed by atoms with Gasteiger partial charge in [-0.3, -0.25) is 9.59 Å². The van der Waals surface area contributed by atoms with Gasteiger partial charge in [-0.1, -0.05) is 12.1 Å². The van der Waals surface area contributed by atoms with E-state index in [0.29, 0.717) is 31.7 Å². The molecule has 1 fully saturated rings. The second-order valence-electron chi connectivity index (χ2n) is 5.76. The number of amides is 2. The van der Waals surface area contributed by atoms with Crippen molar-refractivity contribution in [2.75, 3.05) is 34.4 Å². The molecule has 0 bridgehead atoms. The highest BCUT2D eigenvalue weighted by atomic mass is 16.5. The van der Waals surface area contributed by atoms with Gasteiger partial charge in [0.25, 0.3) is 5.91 Å². The number of ether oxygens (including phenoxy) is 2. The highest BCUT2D eigenvalue weighted by molar-refractivity contribution is 5.94. The summed E-state index contributed by atoms with van der Waals surface area (Å²) in [6.45, 7) is 1.51. The normalized spacial score (nSPS) is 20.6. The molecule has 2 amide bonds. The Balaban J connectivity index is 2.08. The van der Waals surface area contributed by atoms with E-state index < -0.39 is 0 Å². The molecule has 1 aliphatic rings. The van der Waals surface area contributed by atoms with E-state index in [4.69, 9.17) is 9.47 Å². The molecule has 6 nitrogen and oxygen atoms in total. The standard InChI is InChI=1S/C17H24N2O4/c1-18-16(20)8-14-9-19(10-15(14)23-3)17(21)13-6-4-5-12(7-13)11-22-2/h4-7,14-15H,8-11H2,1-3H3,(H,18,20)/t14-,15-/m0/s1. The molecule has 1 aromatic carbocycles. The number of rotatable bonds is 6. The van der Waals surface area contributed by atoms with Gasteiger partial charge in [0, 0.05) is 52.3 Å². The van der Waals surface area contributed by atoms with Gasteiger partial charge in [0.1, 0.15) is 0 Å². The van der Waals surface area contributed by atoms with Gasteiger partial charge < -0.3 is 19.7 Å². The lowest BCUT2D eigenvalue weighted by atomic mass is 10.0. The highest BCUT2D eigenvalue weighted by Gasteiger charge is 2.36. The summed E-state index contributed by atoms with van der Waals surface area (Å²) >= 11 is 0. The second kappa shape index (κ2) is 8.08. The number of carbonyl (C=O) groups is 2. The van der Waals surface area contributed by atoms with E-state index in [1.165, 1.54) is 0 Å². The van der Waals surface area contributed by atoms with Crippen LogP contribution < -0.4 is 5.32 Å². The van der Waals surface area contributed by atoms with Gasteiger partial charge in [-0.25, -0.2) is 0 Å². The maximum absolute atomic E-state index is 12.7. The summed E-state index contributed by atoms with van der Waals surface area (Å²) in [5.41, 5.74) is 1.60. The molecule has 1 aliphatic heterocycles. The Hall–Kier alpha value is -1.92. The zero-order valence-corrected chi connectivity index (χ0v) is 13.9. The second-order valence-corrected chi connectivity index (χ2v) is 5.76. The van der Waals surface area contributed by atoms with Gasteiger partial charge in [-0.15, -0.1) is 0 Å². The lowest BCUT2D eigenvalue weighted by Crippen LogP contribution is -2.30. The van der Waals surface area contributed by atoms with Crippen molar-refractivity contribution in [2.24, 2.45) is 5.92 Å². The van der Waals surface area contributed by atoms with Crippen molar-refractivity contribution in [1.29, 1.82) is 0 Å². The zero-order valence-electron chi connectivity index (χ0n) is 13.9. The molecule has 1 N–H and O–H groups in total. The highest BCUT2D eigenvalue weighted by Crippen LogP contribution is 2.24. The van der Waals surface area contributed by atoms with Crippen molar-refractivity contribution in [3.63, 3.8) is 0 Å². The largest absolute Gasteiger partial charge is 0.380 e. The van der Waals surface area contributed by atoms with Gasteiger partial charge in [-0.2, -0.15) is 0 Å². The van der Waals surface area contributed by atoms with Gasteiger partial charge in [0.15, 0.2) is 0 Å². The van der Waals surface area contributed by atoms with Crippen LogP contribution in [0.3, 0.4) is 0 Å². The predicted octanol–water partition coefficient (Wildman–Crippen LogP) is 1.06. The van der Waals surface area contributed by atoms with E-state index >= 15 is 0 Å². The molecule has 0 radical (unpaired) electrons. The van der Waals surface area contributed by atoms with E-state index in [2.05, 4.69) is 5.32 Å². The molecule has 23 heavy (non-hydrogen) atoms. The van der Waals surface area contributed by atoms with Crippen molar-refractivity contribution in [3.8, 4) is 0 Å². The van der Waals surface area contributed by atoms with Crippen molar-refractivity contribution in [1.82, 2.24) is 10.2 Å². The summed E-state index contributed by atoms with van der Waals surface area (Å²) in [7, 11) is 4.86. The molecule has 2 rings (SSSR count). The molecule has 2 atom stereocenters. The molecule has 1 saturated heterocycles. The third-order valence-corrected chi connectivity index (χ3v) is 4.18. The minimum absolute atomic E-state index is 0.0195. The van der Waals surface area contributed by atoms with E-state index in [1.807, 2.05) is 18.2 Å². The Morgan fingerprint density at radius 3 is 2.74 bits per heavy atom. The molecule has 0 aliphatic carbocycles. The first-order valence-electron chi connectivity index (χ1n) is 7.69. The fraction of sp³-hybridized carbons (Fsp3) is 0.529. The average Bonchev–Trinajstić information content (AvgIpc) is 2.97. The van der Waals surface area contributed by atoms with Crippen LogP contribution in [0.25, 0.3) is 0 Å². The van der Waals surface area contributed by atoms with Crippen molar-refractivity contribution < 1.29 is 19.1 Å². The third-order valence-electron chi connectivity index (χ3n) is 4.18. The predicted molar refractivity (Wildman–Crippen MR) is 86.0 cm³/mol. The zero-order chi connectivity index (χ0) is 16.8. The number of likely N-dealkylation sites (tertiary alicyclic amines) is 1. The topological polar surface area (TPSA) is 67.9 Å². The summed E-state index contributed by atoms with van der Waals surface area (Å²) in [6.07, 6.45) is 0.251. The number of benzene rings is 1. The van der Waals surface area contributed by atoms with Crippen LogP contribution >= 0.6 is 0 Å². The van der Waals surface area contributed by atoms with E-state index in [0.717, 1.165) is 5.56 Å². The molecule has 0 spiro atoms. The summed E-state index contributed by atoms with van der Waals surface area (Å²) < 4.78 is 10.6. The fourth-order valence-electron chi connectivity index (χ4n) is 2.95. The van der Waals surface area contributed by atoms with Crippen molar-refractivity contribution in [2.45, 2.75) is 19.1 Å². The number of hydrogen-bond donors (Lipinski definition) is 1. The minimum atomic E-state index is -0.113. The van der Waals surface area contributed by atoms with Crippen LogP contribution in [0.15, 0.2) is 24.3 Å². The van der Waals surface area contributed by atoms with Crippen LogP contribution in [0.4, 0.5) is 0 Å². The molecular weight excluding hydrogens is 296 g/mol. The Labute approximate surface area is 136 Å². The third kappa shape index (κ3) is 4.30. The smallest absolute Gasteiger partial charge is 0.253 e. The number of nitrogens with zero attached hydrogens (tertiary/aromatic N) is 1. The van der Waals surface area contributed by atoms with Crippen LogP contribution in [0.1, 0.15) is 22.3 Å². The molecular formula is C17H24N2O4. The Bertz CT molecular complexity index is 561. The summed E-state index contributed by atoms with van der Waals surface area (Å²) in [6, 6.07) is 7.43. The maximum atomic E-state index is 12.7. The summed E-state index contributed by atoms with van der Waals surface area (Å²) in [5.74, 6) is -0.0519. The molecule has 1 aromatic rings. The summed E-state index contributed by atoms with van der Waals surface area (Å²) in [5, 5.41) is 2.62. The lowest BCUT2D eigenvalue weighted by Gasteiger charge is -2.16. The number of nitrogens with one attached hydrogen (secondary N) is 1. The average molecular weight is 320 g/mol. The van der Waals surface area contributed by atoms with Crippen molar-refractivity contribution in [3.05, 3.63) is 35.4 Å². The van der Waals surface area contributed by atoms with Crippen LogP contribution in [0.5, 0.6) is 0 Å². The molecule has 126 valence electrons. The van der Waals surface area contributed by atoms with E-state index in [-0.39, 0.29) is 23.8 Å². The first-order chi connectivity index (χ1) is 11.1. The quantitative estimate of drug-likeness (QED) is 0.851. The number of hydrogen-bond acceptors (Lipinski definition) is 4. The first kappa shape index (κ1) is 17.4. The van der Waals surface area contributed by atoms with Crippen molar-refractivity contribution >= 4 is 11.8 Å². The van der Waals surface area contributed by atoms with Crippen LogP contribution in [0, 0.1) is 5.92 Å². The van der Waals surface area contributed by atoms with Gasteiger partial charge in [0.2, 0.25) is 5.91 Å². The fourth-order valence-corrected chi connectivity index (χ4v) is 2.95.